The highest BCUT2D eigenvalue weighted by atomic mass is 16.5. The Morgan fingerprint density at radius 2 is 2.19 bits per heavy atom. The molecule has 1 aromatic heterocycles. The molecule has 0 fully saturated rings. The third-order valence-electron chi connectivity index (χ3n) is 2.18. The van der Waals surface area contributed by atoms with Crippen LogP contribution in [0.4, 0.5) is 0 Å². The van der Waals surface area contributed by atoms with E-state index in [1.807, 2.05) is 61.9 Å². The molecule has 0 N–H and O–H groups in total. The molecule has 0 unspecified atom stereocenters. The van der Waals surface area contributed by atoms with Crippen LogP contribution >= 0.6 is 0 Å². The highest BCUT2D eigenvalue weighted by Gasteiger charge is 2.11. The normalized spacial score (nSPS) is 11.8. The quantitative estimate of drug-likeness (QED) is 0.428. The first kappa shape index (κ1) is 12.2. The maximum atomic E-state index is 5.69. The zero-order chi connectivity index (χ0) is 12.0. The standard InChI is InChI=1S/C14H18NO/c1-5-8-12(3)16-14-11-7-10-13(9-6-2)15(14)4/h5-11H,1H2,2-4H3/q+1. The Balaban J connectivity index is 3.01. The summed E-state index contributed by atoms with van der Waals surface area (Å²) in [5.41, 5.74) is 1.10. The van der Waals surface area contributed by atoms with Crippen LogP contribution in [0.2, 0.25) is 0 Å². The predicted molar refractivity (Wildman–Crippen MR) is 66.9 cm³/mol. The van der Waals surface area contributed by atoms with E-state index in [1.165, 1.54) is 0 Å². The van der Waals surface area contributed by atoms with Gasteiger partial charge in [-0.15, -0.1) is 0 Å². The summed E-state index contributed by atoms with van der Waals surface area (Å²) in [7, 11) is 1.98. The van der Waals surface area contributed by atoms with Gasteiger partial charge < -0.3 is 4.74 Å². The van der Waals surface area contributed by atoms with Crippen molar-refractivity contribution in [3.05, 3.63) is 54.5 Å². The van der Waals surface area contributed by atoms with Crippen molar-refractivity contribution >= 4 is 6.08 Å². The first-order valence-corrected chi connectivity index (χ1v) is 5.28. The molecular formula is C14H18NO+. The van der Waals surface area contributed by atoms with Crippen LogP contribution in [0.5, 0.6) is 5.88 Å². The van der Waals surface area contributed by atoms with Gasteiger partial charge in [-0.2, -0.15) is 4.57 Å². The van der Waals surface area contributed by atoms with Gasteiger partial charge in [0.15, 0.2) is 0 Å². The number of hydrogen-bond acceptors (Lipinski definition) is 1. The summed E-state index contributed by atoms with van der Waals surface area (Å²) in [6.45, 7) is 7.54. The molecule has 2 heteroatoms. The number of ether oxygens (including phenoxy) is 1. The summed E-state index contributed by atoms with van der Waals surface area (Å²) in [6.07, 6.45) is 7.60. The third kappa shape index (κ3) is 3.09. The Labute approximate surface area is 97.2 Å². The summed E-state index contributed by atoms with van der Waals surface area (Å²) in [5, 5.41) is 0. The van der Waals surface area contributed by atoms with Crippen LogP contribution in [0.3, 0.4) is 0 Å². The summed E-state index contributed by atoms with van der Waals surface area (Å²) in [6, 6.07) is 5.96. The van der Waals surface area contributed by atoms with Crippen molar-refractivity contribution in [3.63, 3.8) is 0 Å². The van der Waals surface area contributed by atoms with Crippen LogP contribution in [0.1, 0.15) is 19.5 Å². The van der Waals surface area contributed by atoms with E-state index >= 15 is 0 Å². The zero-order valence-corrected chi connectivity index (χ0v) is 10.1. The van der Waals surface area contributed by atoms with E-state index in [4.69, 9.17) is 4.74 Å². The van der Waals surface area contributed by atoms with Gasteiger partial charge in [-0.25, -0.2) is 0 Å². The molecule has 0 aliphatic rings. The van der Waals surface area contributed by atoms with E-state index in [-0.39, 0.29) is 0 Å². The van der Waals surface area contributed by atoms with E-state index < -0.39 is 0 Å². The van der Waals surface area contributed by atoms with Gasteiger partial charge in [0.05, 0.1) is 6.07 Å². The maximum Gasteiger partial charge on any atom is 0.373 e. The fraction of sp³-hybridized carbons (Fsp3) is 0.214. The van der Waals surface area contributed by atoms with Crippen LogP contribution in [0.15, 0.2) is 48.8 Å². The van der Waals surface area contributed by atoms with Crippen LogP contribution < -0.4 is 9.30 Å². The minimum Gasteiger partial charge on any atom is -0.410 e. The molecular weight excluding hydrogens is 198 g/mol. The molecule has 1 rings (SSSR count). The molecule has 0 spiro atoms. The molecule has 0 amide bonds. The Hall–Kier alpha value is -1.83. The van der Waals surface area contributed by atoms with Crippen molar-refractivity contribution in [2.24, 2.45) is 7.05 Å². The van der Waals surface area contributed by atoms with Crippen molar-refractivity contribution in [2.45, 2.75) is 13.8 Å². The van der Waals surface area contributed by atoms with E-state index in [0.717, 1.165) is 17.3 Å². The number of nitrogens with zero attached hydrogens (tertiary/aromatic N) is 1. The van der Waals surface area contributed by atoms with E-state index in [0.29, 0.717) is 0 Å². The SMILES string of the molecule is C=CC=C(C)Oc1cccc(C=CC)[n+]1C. The molecule has 1 aromatic rings. The molecule has 0 saturated heterocycles. The molecule has 0 atom stereocenters. The van der Waals surface area contributed by atoms with Gasteiger partial charge in [-0.3, -0.25) is 0 Å². The van der Waals surface area contributed by atoms with E-state index in [9.17, 15) is 0 Å². The van der Waals surface area contributed by atoms with Crippen molar-refractivity contribution in [2.75, 3.05) is 0 Å². The molecule has 1 heterocycles. The van der Waals surface area contributed by atoms with Crippen molar-refractivity contribution in [1.29, 1.82) is 0 Å². The first-order valence-electron chi connectivity index (χ1n) is 5.28. The maximum absolute atomic E-state index is 5.69. The van der Waals surface area contributed by atoms with Crippen LogP contribution in [-0.2, 0) is 7.05 Å². The molecule has 0 saturated carbocycles. The van der Waals surface area contributed by atoms with Crippen LogP contribution in [0.25, 0.3) is 6.08 Å². The molecule has 0 aromatic carbocycles. The van der Waals surface area contributed by atoms with Gasteiger partial charge in [0, 0.05) is 12.1 Å². The van der Waals surface area contributed by atoms with Gasteiger partial charge in [0.2, 0.25) is 5.69 Å². The van der Waals surface area contributed by atoms with Crippen LogP contribution in [-0.4, -0.2) is 0 Å². The topological polar surface area (TPSA) is 13.1 Å². The highest BCUT2D eigenvalue weighted by molar-refractivity contribution is 5.40. The summed E-state index contributed by atoms with van der Waals surface area (Å²) >= 11 is 0. The van der Waals surface area contributed by atoms with Gasteiger partial charge in [-0.05, 0) is 26.0 Å². The van der Waals surface area contributed by atoms with Crippen molar-refractivity contribution in [3.8, 4) is 5.88 Å². The Morgan fingerprint density at radius 1 is 1.44 bits per heavy atom. The van der Waals surface area contributed by atoms with E-state index in [1.54, 1.807) is 6.08 Å². The minimum absolute atomic E-state index is 0.811. The van der Waals surface area contributed by atoms with E-state index in [2.05, 4.69) is 6.58 Å². The largest absolute Gasteiger partial charge is 0.410 e. The number of aromatic nitrogens is 1. The zero-order valence-electron chi connectivity index (χ0n) is 10.1. The first-order chi connectivity index (χ1) is 7.69. The monoisotopic (exact) mass is 216 g/mol. The molecule has 2 nitrogen and oxygen atoms in total. The molecule has 0 radical (unpaired) electrons. The average molecular weight is 216 g/mol. The smallest absolute Gasteiger partial charge is 0.373 e. The second-order valence-corrected chi connectivity index (χ2v) is 3.46. The van der Waals surface area contributed by atoms with Gasteiger partial charge >= 0.3 is 5.88 Å². The minimum atomic E-state index is 0.811. The van der Waals surface area contributed by atoms with Crippen molar-refractivity contribution in [1.82, 2.24) is 0 Å². The second-order valence-electron chi connectivity index (χ2n) is 3.46. The Bertz CT molecular complexity index is 430. The van der Waals surface area contributed by atoms with Crippen molar-refractivity contribution < 1.29 is 9.30 Å². The number of allylic oxidation sites excluding steroid dienone is 4. The lowest BCUT2D eigenvalue weighted by molar-refractivity contribution is -0.678. The molecule has 0 aliphatic heterocycles. The van der Waals surface area contributed by atoms with Gasteiger partial charge in [0.1, 0.15) is 12.8 Å². The molecule has 16 heavy (non-hydrogen) atoms. The summed E-state index contributed by atoms with van der Waals surface area (Å²) < 4.78 is 7.69. The summed E-state index contributed by atoms with van der Waals surface area (Å²) in [5.74, 6) is 1.63. The lowest BCUT2D eigenvalue weighted by Crippen LogP contribution is -2.33. The number of hydrogen-bond donors (Lipinski definition) is 0. The predicted octanol–water partition coefficient (Wildman–Crippen LogP) is 3.01. The van der Waals surface area contributed by atoms with Gasteiger partial charge in [-0.1, -0.05) is 18.7 Å². The Morgan fingerprint density at radius 3 is 2.81 bits per heavy atom. The second kappa shape index (κ2) is 5.91. The fourth-order valence-corrected chi connectivity index (χ4v) is 1.39. The lowest BCUT2D eigenvalue weighted by Gasteiger charge is -2.04. The fourth-order valence-electron chi connectivity index (χ4n) is 1.39. The van der Waals surface area contributed by atoms with Crippen LogP contribution in [0, 0.1) is 0 Å². The molecule has 84 valence electrons. The number of pyridine rings is 1. The molecule has 0 aliphatic carbocycles. The molecule has 0 bridgehead atoms. The third-order valence-corrected chi connectivity index (χ3v) is 2.18. The lowest BCUT2D eigenvalue weighted by atomic mass is 10.3. The number of rotatable bonds is 4. The van der Waals surface area contributed by atoms with Gasteiger partial charge in [0.25, 0.3) is 0 Å². The summed E-state index contributed by atoms with van der Waals surface area (Å²) in [4.78, 5) is 0. The average Bonchev–Trinajstić information content (AvgIpc) is 2.24. The highest BCUT2D eigenvalue weighted by Crippen LogP contribution is 2.09. The Kier molecular flexibility index (Phi) is 4.52.